The third kappa shape index (κ3) is 5.00. The lowest BCUT2D eigenvalue weighted by atomic mass is 10.1. The fourth-order valence-electron chi connectivity index (χ4n) is 3.62. The maximum atomic E-state index is 13.5. The topological polar surface area (TPSA) is 37.4 Å². The van der Waals surface area contributed by atoms with Crippen LogP contribution in [0, 0.1) is 6.92 Å². The van der Waals surface area contributed by atoms with E-state index in [1.165, 1.54) is 12.1 Å². The number of rotatable bonds is 8. The van der Waals surface area contributed by atoms with Crippen LogP contribution >= 0.6 is 0 Å². The molecule has 1 fully saturated rings. The molecule has 1 aliphatic rings. The Bertz CT molecular complexity index is 671. The first-order valence-corrected chi connectivity index (χ1v) is 10.8. The second-order valence-electron chi connectivity index (χ2n) is 7.14. The van der Waals surface area contributed by atoms with Crippen molar-refractivity contribution >= 4 is 10.0 Å². The molecule has 3 nitrogen and oxygen atoms in total. The Morgan fingerprint density at radius 3 is 2.23 bits per heavy atom. The molecule has 2 rings (SSSR count). The smallest absolute Gasteiger partial charge is 0.207 e. The Morgan fingerprint density at radius 1 is 1.04 bits per heavy atom. The van der Waals surface area contributed by atoms with Gasteiger partial charge in [-0.1, -0.05) is 56.7 Å². The van der Waals surface area contributed by atoms with Crippen LogP contribution in [-0.4, -0.2) is 31.0 Å². The van der Waals surface area contributed by atoms with E-state index >= 15 is 0 Å². The number of hydrogen-bond donors (Lipinski definition) is 0. The van der Waals surface area contributed by atoms with Crippen molar-refractivity contribution in [2.45, 2.75) is 88.4 Å². The molecule has 1 aliphatic heterocycles. The lowest BCUT2D eigenvalue weighted by Crippen LogP contribution is -2.48. The second-order valence-corrected chi connectivity index (χ2v) is 8.98. The first kappa shape index (κ1) is 21.2. The standard InChI is InChI=1S/C19H28F3NO2S/c1-3-4-5-6-7-8-16-11-14-18(19(20,21)22)23(16)26(24,25)17-12-9-15(2)10-13-17/h9-10,12-13,16,18H,3-8,11,14H2,1-2H3/t16-,18+/m1/s1. The fraction of sp³-hybridized carbons (Fsp3) is 0.684. The Balaban J connectivity index is 2.22. The van der Waals surface area contributed by atoms with Crippen LogP contribution < -0.4 is 0 Å². The van der Waals surface area contributed by atoms with Crippen LogP contribution in [0.3, 0.4) is 0 Å². The maximum Gasteiger partial charge on any atom is 0.405 e. The van der Waals surface area contributed by atoms with E-state index in [0.29, 0.717) is 6.42 Å². The van der Waals surface area contributed by atoms with Crippen molar-refractivity contribution in [2.24, 2.45) is 0 Å². The summed E-state index contributed by atoms with van der Waals surface area (Å²) in [4.78, 5) is -0.0600. The van der Waals surface area contributed by atoms with Crippen molar-refractivity contribution in [3.8, 4) is 0 Å². The molecule has 1 saturated heterocycles. The average Bonchev–Trinajstić information content (AvgIpc) is 3.00. The van der Waals surface area contributed by atoms with Crippen LogP contribution in [0.5, 0.6) is 0 Å². The van der Waals surface area contributed by atoms with Gasteiger partial charge in [-0.2, -0.15) is 17.5 Å². The van der Waals surface area contributed by atoms with Gasteiger partial charge >= 0.3 is 6.18 Å². The third-order valence-corrected chi connectivity index (χ3v) is 7.03. The van der Waals surface area contributed by atoms with Crippen LogP contribution in [-0.2, 0) is 10.0 Å². The number of halogens is 3. The van der Waals surface area contributed by atoms with E-state index in [9.17, 15) is 21.6 Å². The summed E-state index contributed by atoms with van der Waals surface area (Å²) in [5.41, 5.74) is 0.866. The quantitative estimate of drug-likeness (QED) is 0.554. The van der Waals surface area contributed by atoms with Crippen LogP contribution in [0.25, 0.3) is 0 Å². The third-order valence-electron chi connectivity index (χ3n) is 5.06. The number of aryl methyl sites for hydroxylation is 1. The summed E-state index contributed by atoms with van der Waals surface area (Å²) in [7, 11) is -4.17. The molecular formula is C19H28F3NO2S. The first-order valence-electron chi connectivity index (χ1n) is 9.35. The van der Waals surface area contributed by atoms with Gasteiger partial charge in [0, 0.05) is 6.04 Å². The molecule has 26 heavy (non-hydrogen) atoms. The molecule has 0 bridgehead atoms. The maximum absolute atomic E-state index is 13.5. The van der Waals surface area contributed by atoms with Crippen LogP contribution in [0.15, 0.2) is 29.2 Å². The zero-order valence-electron chi connectivity index (χ0n) is 15.4. The van der Waals surface area contributed by atoms with Gasteiger partial charge in [0.25, 0.3) is 0 Å². The van der Waals surface area contributed by atoms with E-state index in [1.807, 2.05) is 6.92 Å². The lowest BCUT2D eigenvalue weighted by Gasteiger charge is -2.30. The van der Waals surface area contributed by atoms with Gasteiger partial charge in [0.1, 0.15) is 6.04 Å². The monoisotopic (exact) mass is 391 g/mol. The molecule has 2 atom stereocenters. The van der Waals surface area contributed by atoms with Gasteiger partial charge in [0.05, 0.1) is 4.90 Å². The molecule has 0 N–H and O–H groups in total. The van der Waals surface area contributed by atoms with E-state index in [-0.39, 0.29) is 17.7 Å². The molecule has 0 aromatic heterocycles. The Kier molecular flexibility index (Phi) is 7.13. The first-order chi connectivity index (χ1) is 12.2. The number of nitrogens with zero attached hydrogens (tertiary/aromatic N) is 1. The van der Waals surface area contributed by atoms with Gasteiger partial charge in [-0.05, 0) is 38.3 Å². The summed E-state index contributed by atoms with van der Waals surface area (Å²) in [6.45, 7) is 3.91. The molecule has 0 amide bonds. The Hall–Kier alpha value is -1.08. The van der Waals surface area contributed by atoms with E-state index in [4.69, 9.17) is 0 Å². The van der Waals surface area contributed by atoms with Crippen LogP contribution in [0.1, 0.15) is 63.9 Å². The Labute approximate surface area is 154 Å². The van der Waals surface area contributed by atoms with Gasteiger partial charge in [0.2, 0.25) is 10.0 Å². The summed E-state index contributed by atoms with van der Waals surface area (Å²) in [6.07, 6.45) is 0.966. The summed E-state index contributed by atoms with van der Waals surface area (Å²) in [5, 5.41) is 0. The summed E-state index contributed by atoms with van der Waals surface area (Å²) < 4.78 is 67.1. The minimum absolute atomic E-state index is 0.0600. The average molecular weight is 391 g/mol. The van der Waals surface area contributed by atoms with Gasteiger partial charge in [-0.3, -0.25) is 0 Å². The molecule has 0 spiro atoms. The molecule has 0 unspecified atom stereocenters. The van der Waals surface area contributed by atoms with Crippen molar-refractivity contribution in [3.05, 3.63) is 29.8 Å². The number of benzene rings is 1. The van der Waals surface area contributed by atoms with Crippen LogP contribution in [0.2, 0.25) is 0 Å². The van der Waals surface area contributed by atoms with E-state index in [2.05, 4.69) is 6.92 Å². The summed E-state index contributed by atoms with van der Waals surface area (Å²) >= 11 is 0. The van der Waals surface area contributed by atoms with Crippen molar-refractivity contribution < 1.29 is 21.6 Å². The fourth-order valence-corrected chi connectivity index (χ4v) is 5.50. The van der Waals surface area contributed by atoms with Crippen molar-refractivity contribution in [3.63, 3.8) is 0 Å². The van der Waals surface area contributed by atoms with E-state index in [0.717, 1.165) is 42.0 Å². The van der Waals surface area contributed by atoms with Gasteiger partial charge < -0.3 is 0 Å². The largest absolute Gasteiger partial charge is 0.405 e. The minimum atomic E-state index is -4.55. The summed E-state index contributed by atoms with van der Waals surface area (Å²) in [6, 6.07) is 3.53. The molecule has 0 aliphatic carbocycles. The van der Waals surface area contributed by atoms with E-state index in [1.54, 1.807) is 12.1 Å². The number of hydrogen-bond acceptors (Lipinski definition) is 2. The summed E-state index contributed by atoms with van der Waals surface area (Å²) in [5.74, 6) is 0. The highest BCUT2D eigenvalue weighted by atomic mass is 32.2. The highest BCUT2D eigenvalue weighted by molar-refractivity contribution is 7.89. The molecule has 1 aromatic carbocycles. The van der Waals surface area contributed by atoms with Gasteiger partial charge in [-0.15, -0.1) is 0 Å². The van der Waals surface area contributed by atoms with Crippen LogP contribution in [0.4, 0.5) is 13.2 Å². The number of unbranched alkanes of at least 4 members (excludes halogenated alkanes) is 4. The predicted molar refractivity (Wildman–Crippen MR) is 96.4 cm³/mol. The van der Waals surface area contributed by atoms with Gasteiger partial charge in [-0.25, -0.2) is 8.42 Å². The lowest BCUT2D eigenvalue weighted by molar-refractivity contribution is -0.167. The van der Waals surface area contributed by atoms with Crippen molar-refractivity contribution in [2.75, 3.05) is 0 Å². The minimum Gasteiger partial charge on any atom is -0.207 e. The molecule has 0 radical (unpaired) electrons. The highest BCUT2D eigenvalue weighted by Gasteiger charge is 2.54. The van der Waals surface area contributed by atoms with Crippen molar-refractivity contribution in [1.82, 2.24) is 4.31 Å². The zero-order chi connectivity index (χ0) is 19.4. The van der Waals surface area contributed by atoms with Gasteiger partial charge in [0.15, 0.2) is 0 Å². The SMILES string of the molecule is CCCCCCC[C@@H]1CC[C@@H](C(F)(F)F)N1S(=O)(=O)c1ccc(C)cc1. The van der Waals surface area contributed by atoms with Crippen molar-refractivity contribution in [1.29, 1.82) is 0 Å². The van der Waals surface area contributed by atoms with E-state index < -0.39 is 28.3 Å². The predicted octanol–water partition coefficient (Wildman–Crippen LogP) is 5.44. The number of alkyl halides is 3. The Morgan fingerprint density at radius 2 is 1.65 bits per heavy atom. The molecule has 0 saturated carbocycles. The zero-order valence-corrected chi connectivity index (χ0v) is 16.2. The highest BCUT2D eigenvalue weighted by Crippen LogP contribution is 2.41. The molecular weight excluding hydrogens is 363 g/mol. The molecule has 7 heteroatoms. The molecule has 1 aromatic rings. The second kappa shape index (κ2) is 8.74. The normalized spacial score (nSPS) is 22.0. The number of sulfonamides is 1. The molecule has 1 heterocycles. The molecule has 148 valence electrons.